The van der Waals surface area contributed by atoms with Crippen LogP contribution in [0.25, 0.3) is 11.1 Å². The van der Waals surface area contributed by atoms with Gasteiger partial charge in [0.05, 0.1) is 26.0 Å². The van der Waals surface area contributed by atoms with Crippen molar-refractivity contribution >= 4 is 54.8 Å². The van der Waals surface area contributed by atoms with Crippen molar-refractivity contribution in [3.63, 3.8) is 0 Å². The van der Waals surface area contributed by atoms with Gasteiger partial charge in [-0.15, -0.1) is 11.3 Å². The maximum Gasteiger partial charge on any atom is 0.273 e. The number of halogens is 2. The van der Waals surface area contributed by atoms with Crippen molar-refractivity contribution in [2.45, 2.75) is 4.21 Å². The lowest BCUT2D eigenvalue weighted by Crippen LogP contribution is -2.30. The molecule has 0 saturated carbocycles. The number of thiophene rings is 1. The van der Waals surface area contributed by atoms with E-state index in [0.717, 1.165) is 17.4 Å². The Morgan fingerprint density at radius 1 is 1.18 bits per heavy atom. The van der Waals surface area contributed by atoms with Crippen LogP contribution >= 0.6 is 38.9 Å². The summed E-state index contributed by atoms with van der Waals surface area (Å²) in [5, 5.41) is 19.5. The van der Waals surface area contributed by atoms with Gasteiger partial charge in [-0.2, -0.15) is 5.26 Å². The molecule has 3 aromatic rings. The second kappa shape index (κ2) is 7.93. The van der Waals surface area contributed by atoms with E-state index in [-0.39, 0.29) is 14.8 Å². The van der Waals surface area contributed by atoms with Crippen LogP contribution in [0.1, 0.15) is 15.9 Å². The highest BCUT2D eigenvalue weighted by Crippen LogP contribution is 2.35. The maximum atomic E-state index is 12.5. The summed E-state index contributed by atoms with van der Waals surface area (Å²) in [4.78, 5) is 12.5. The van der Waals surface area contributed by atoms with E-state index in [1.165, 1.54) is 12.1 Å². The van der Waals surface area contributed by atoms with Crippen molar-refractivity contribution in [3.8, 4) is 22.9 Å². The van der Waals surface area contributed by atoms with E-state index >= 15 is 0 Å². The van der Waals surface area contributed by atoms with Crippen molar-refractivity contribution in [1.29, 1.82) is 5.26 Å². The third-order valence-electron chi connectivity index (χ3n) is 3.71. The Kier molecular flexibility index (Phi) is 5.76. The number of nitrogens with zero attached hydrogens (tertiary/aromatic N) is 1. The molecule has 0 radical (unpaired) electrons. The predicted octanol–water partition coefficient (Wildman–Crippen LogP) is 4.53. The fraction of sp³-hybridized carbons (Fsp3) is 0. The van der Waals surface area contributed by atoms with Crippen LogP contribution in [0.15, 0.2) is 56.5 Å². The van der Waals surface area contributed by atoms with E-state index in [9.17, 15) is 23.6 Å². The Hall–Kier alpha value is -2.38. The van der Waals surface area contributed by atoms with Crippen molar-refractivity contribution in [3.05, 3.63) is 68.5 Å². The molecule has 0 aliphatic heterocycles. The van der Waals surface area contributed by atoms with Gasteiger partial charge in [-0.05, 0) is 46.3 Å². The number of nitriles is 1. The molecule has 0 bridgehead atoms. The maximum absolute atomic E-state index is 12.5. The lowest BCUT2D eigenvalue weighted by Gasteiger charge is -2.12. The molecule has 2 N–H and O–H groups in total. The molecule has 0 unspecified atom stereocenters. The first-order chi connectivity index (χ1) is 13.2. The quantitative estimate of drug-likeness (QED) is 0.551. The minimum atomic E-state index is -4.11. The molecule has 1 amide bonds. The smallest absolute Gasteiger partial charge is 0.273 e. The van der Waals surface area contributed by atoms with Crippen molar-refractivity contribution in [2.75, 3.05) is 0 Å². The van der Waals surface area contributed by atoms with Crippen molar-refractivity contribution in [1.82, 2.24) is 4.72 Å². The van der Waals surface area contributed by atoms with E-state index in [4.69, 9.17) is 11.6 Å². The van der Waals surface area contributed by atoms with E-state index in [2.05, 4.69) is 15.9 Å². The Labute approximate surface area is 178 Å². The number of carbonyl (C=O) groups excluding carboxylic acids is 1. The SMILES string of the molecule is N#Cc1ccccc1-c1cc(C(=O)NS(=O)(=O)c2ccc(Br)s2)c(O)cc1Cl. The molecule has 10 heteroatoms. The van der Waals surface area contributed by atoms with Crippen LogP contribution in [0, 0.1) is 11.3 Å². The Bertz CT molecular complexity index is 1230. The average molecular weight is 498 g/mol. The van der Waals surface area contributed by atoms with Gasteiger partial charge in [0.2, 0.25) is 0 Å². The normalized spacial score (nSPS) is 11.0. The zero-order chi connectivity index (χ0) is 20.5. The van der Waals surface area contributed by atoms with E-state index in [1.54, 1.807) is 30.3 Å². The van der Waals surface area contributed by atoms with Crippen LogP contribution < -0.4 is 4.72 Å². The van der Waals surface area contributed by atoms with Gasteiger partial charge < -0.3 is 5.11 Å². The van der Waals surface area contributed by atoms with Gasteiger partial charge in [0.25, 0.3) is 15.9 Å². The standard InChI is InChI=1S/C18H10BrClN2O4S2/c19-16-5-6-17(27-16)28(25,26)22-18(24)13-7-12(14(20)8-15(13)23)11-4-2-1-3-10(11)9-21/h1-8,23H,(H,22,24). The number of rotatable bonds is 4. The first-order valence-electron chi connectivity index (χ1n) is 7.57. The Morgan fingerprint density at radius 2 is 1.89 bits per heavy atom. The van der Waals surface area contributed by atoms with Gasteiger partial charge in [-0.1, -0.05) is 29.8 Å². The summed E-state index contributed by atoms with van der Waals surface area (Å²) < 4.78 is 27.2. The predicted molar refractivity (Wildman–Crippen MR) is 110 cm³/mol. The molecule has 28 heavy (non-hydrogen) atoms. The number of benzene rings is 2. The third kappa shape index (κ3) is 4.05. The number of phenolic OH excluding ortho intramolecular Hbond substituents is 1. The summed E-state index contributed by atoms with van der Waals surface area (Å²) in [5.74, 6) is -1.50. The summed E-state index contributed by atoms with van der Waals surface area (Å²) in [5.41, 5.74) is 0.802. The molecule has 3 rings (SSSR count). The number of aromatic hydroxyl groups is 1. The van der Waals surface area contributed by atoms with Crippen LogP contribution in [0.4, 0.5) is 0 Å². The van der Waals surface area contributed by atoms with Crippen LogP contribution in [-0.4, -0.2) is 19.4 Å². The molecule has 2 aromatic carbocycles. The van der Waals surface area contributed by atoms with E-state index < -0.39 is 21.7 Å². The summed E-state index contributed by atoms with van der Waals surface area (Å²) in [6.45, 7) is 0. The Morgan fingerprint density at radius 3 is 2.54 bits per heavy atom. The summed E-state index contributed by atoms with van der Waals surface area (Å²) in [6.07, 6.45) is 0. The lowest BCUT2D eigenvalue weighted by molar-refractivity contribution is 0.0979. The minimum absolute atomic E-state index is 0.0590. The van der Waals surface area contributed by atoms with Crippen LogP contribution in [0.5, 0.6) is 5.75 Å². The highest BCUT2D eigenvalue weighted by atomic mass is 79.9. The Balaban J connectivity index is 2.03. The molecular formula is C18H10BrClN2O4S2. The zero-order valence-electron chi connectivity index (χ0n) is 13.8. The zero-order valence-corrected chi connectivity index (χ0v) is 17.8. The molecule has 0 aliphatic carbocycles. The number of sulfonamides is 1. The second-order valence-electron chi connectivity index (χ2n) is 5.50. The van der Waals surface area contributed by atoms with Crippen molar-refractivity contribution in [2.24, 2.45) is 0 Å². The molecule has 142 valence electrons. The van der Waals surface area contributed by atoms with Gasteiger partial charge >= 0.3 is 0 Å². The molecule has 0 spiro atoms. The van der Waals surface area contributed by atoms with Gasteiger partial charge in [0, 0.05) is 11.1 Å². The molecule has 1 aromatic heterocycles. The van der Waals surface area contributed by atoms with Gasteiger partial charge in [0.15, 0.2) is 0 Å². The molecular weight excluding hydrogens is 488 g/mol. The van der Waals surface area contributed by atoms with Gasteiger partial charge in [0.1, 0.15) is 9.96 Å². The summed E-state index contributed by atoms with van der Waals surface area (Å²) >= 11 is 10.3. The number of phenols is 1. The number of hydrogen-bond acceptors (Lipinski definition) is 6. The number of amides is 1. The monoisotopic (exact) mass is 496 g/mol. The minimum Gasteiger partial charge on any atom is -0.507 e. The molecule has 0 saturated heterocycles. The fourth-order valence-corrected chi connectivity index (χ4v) is 5.67. The topological polar surface area (TPSA) is 107 Å². The molecule has 0 atom stereocenters. The van der Waals surface area contributed by atoms with Crippen molar-refractivity contribution < 1.29 is 18.3 Å². The number of carbonyl (C=O) groups is 1. The van der Waals surface area contributed by atoms with E-state index in [0.29, 0.717) is 20.5 Å². The number of hydrogen-bond donors (Lipinski definition) is 2. The van der Waals surface area contributed by atoms with Gasteiger partial charge in [-0.3, -0.25) is 4.79 Å². The van der Waals surface area contributed by atoms with Crippen LogP contribution in [-0.2, 0) is 10.0 Å². The molecule has 1 heterocycles. The highest BCUT2D eigenvalue weighted by Gasteiger charge is 2.24. The summed E-state index contributed by atoms with van der Waals surface area (Å²) in [6, 6.07) is 13.9. The molecule has 6 nitrogen and oxygen atoms in total. The second-order valence-corrected chi connectivity index (χ2v) is 10.3. The molecule has 0 aliphatic rings. The first kappa shape index (κ1) is 20.4. The van der Waals surface area contributed by atoms with Gasteiger partial charge in [-0.25, -0.2) is 13.1 Å². The average Bonchev–Trinajstić information content (AvgIpc) is 3.09. The number of nitrogens with one attached hydrogen (secondary N) is 1. The summed E-state index contributed by atoms with van der Waals surface area (Å²) in [7, 11) is -4.11. The first-order valence-corrected chi connectivity index (χ1v) is 11.0. The largest absolute Gasteiger partial charge is 0.507 e. The molecule has 0 fully saturated rings. The van der Waals surface area contributed by atoms with Crippen LogP contribution in [0.2, 0.25) is 5.02 Å². The van der Waals surface area contributed by atoms with Crippen LogP contribution in [0.3, 0.4) is 0 Å². The highest BCUT2D eigenvalue weighted by molar-refractivity contribution is 9.11. The fourth-order valence-electron chi connectivity index (χ4n) is 2.44. The lowest BCUT2D eigenvalue weighted by atomic mass is 9.98. The van der Waals surface area contributed by atoms with E-state index in [1.807, 2.05) is 10.8 Å². The third-order valence-corrected chi connectivity index (χ3v) is 7.47.